The summed E-state index contributed by atoms with van der Waals surface area (Å²) in [6.07, 6.45) is -2.71. The van der Waals surface area contributed by atoms with Gasteiger partial charge >= 0.3 is 0 Å². The van der Waals surface area contributed by atoms with Crippen LogP contribution in [0.15, 0.2) is 249 Å². The van der Waals surface area contributed by atoms with E-state index in [1.807, 2.05) is 242 Å². The number of rotatable bonds is 25. The summed E-state index contributed by atoms with van der Waals surface area (Å²) in [5.41, 5.74) is 12.3. The van der Waals surface area contributed by atoms with Crippen molar-refractivity contribution in [2.45, 2.75) is 142 Å². The molecule has 3 saturated heterocycles. The molecule has 3 aliphatic rings. The van der Waals surface area contributed by atoms with E-state index >= 15 is 0 Å². The zero-order valence-corrected chi connectivity index (χ0v) is 54.4. The molecule has 0 saturated carbocycles. The van der Waals surface area contributed by atoms with Crippen molar-refractivity contribution < 1.29 is 61.9 Å². The largest absolute Gasteiger partial charge is 0.485 e. The number of hydrogen-bond acceptors (Lipinski definition) is 13. The third-order valence-corrected chi connectivity index (χ3v) is 17.0. The Kier molecular flexibility index (Phi) is 19.5. The molecular weight excluding hydrogens is 1190 g/mol. The van der Waals surface area contributed by atoms with Gasteiger partial charge in [-0.3, -0.25) is 0 Å². The molecule has 486 valence electrons. The van der Waals surface area contributed by atoms with Crippen molar-refractivity contribution >= 4 is 0 Å². The minimum atomic E-state index is -0.885. The standard InChI is InChI=1S/C82H80O13/c1-80(2)90-74(62-33-27-55(48-83)28-34-62)77(93-80)67-41-44-70(86-53-60-29-35-63(36-30-60)75-78(94-81(3,4)91-75)65-39-42-68(84-49-56-19-11-7-12-20-56)71(45-65)87-51-58-23-15-9-16-24-58)73(47-67)89-54-61-31-37-64(38-32-61)76-79(95-82(5,6)92-76)66-40-43-69(85-50-57-21-13-8-14-22-57)72(46-66)88-52-59-25-17-10-18-26-59/h7-47,74-79,83H,48-54H2,1-6H3/t74-,75-,76-,77-,78-,79-/m1/s1. The lowest BCUT2D eigenvalue weighted by molar-refractivity contribution is -0.147. The first-order valence-electron chi connectivity index (χ1n) is 32.4. The molecule has 0 aliphatic carbocycles. The first-order valence-corrected chi connectivity index (χ1v) is 32.4. The summed E-state index contributed by atoms with van der Waals surface area (Å²) in [7, 11) is 0. The molecule has 13 heteroatoms. The van der Waals surface area contributed by atoms with Gasteiger partial charge in [0.2, 0.25) is 0 Å². The molecule has 95 heavy (non-hydrogen) atoms. The van der Waals surface area contributed by atoms with Crippen LogP contribution in [0.5, 0.6) is 34.5 Å². The van der Waals surface area contributed by atoms with Gasteiger partial charge in [-0.05, 0) is 150 Å². The van der Waals surface area contributed by atoms with Crippen LogP contribution in [0.1, 0.15) is 150 Å². The molecule has 0 amide bonds. The van der Waals surface area contributed by atoms with Crippen LogP contribution in [0, 0.1) is 0 Å². The molecule has 13 nitrogen and oxygen atoms in total. The minimum Gasteiger partial charge on any atom is -0.485 e. The van der Waals surface area contributed by atoms with Crippen molar-refractivity contribution in [1.82, 2.24) is 0 Å². The summed E-state index contributed by atoms with van der Waals surface area (Å²) < 4.78 is 79.3. The number of hydrogen-bond donors (Lipinski definition) is 1. The Balaban J connectivity index is 0.735. The maximum atomic E-state index is 9.85. The van der Waals surface area contributed by atoms with Crippen molar-refractivity contribution in [2.75, 3.05) is 0 Å². The van der Waals surface area contributed by atoms with Crippen LogP contribution in [0.25, 0.3) is 0 Å². The van der Waals surface area contributed by atoms with Gasteiger partial charge in [-0.25, -0.2) is 0 Å². The molecule has 0 unspecified atom stereocenters. The third-order valence-electron chi connectivity index (χ3n) is 17.0. The second kappa shape index (κ2) is 28.7. The molecule has 0 bridgehead atoms. The Hall–Kier alpha value is -9.28. The highest BCUT2D eigenvalue weighted by atomic mass is 16.8. The molecule has 3 heterocycles. The summed E-state index contributed by atoms with van der Waals surface area (Å²) in [5.74, 6) is 0.953. The van der Waals surface area contributed by atoms with Crippen LogP contribution in [-0.4, -0.2) is 22.5 Å². The quantitative estimate of drug-likeness (QED) is 0.0583. The maximum Gasteiger partial charge on any atom is 0.164 e. The van der Waals surface area contributed by atoms with Crippen LogP contribution in [-0.2, 0) is 74.7 Å². The van der Waals surface area contributed by atoms with Crippen molar-refractivity contribution in [3.63, 3.8) is 0 Å². The zero-order chi connectivity index (χ0) is 65.4. The molecule has 0 radical (unpaired) electrons. The predicted molar refractivity (Wildman–Crippen MR) is 362 cm³/mol. The SMILES string of the molecule is CC1(C)O[C@H](c2ccc(CO)cc2)[C@@H](c2ccc(OCc3ccc([C@H]4OC(C)(C)O[C@@H]4c4ccc(OCc5ccccc5)c(OCc5ccccc5)c4)cc3)c(OCc3ccc([C@H]4OC(C)(C)O[C@@H]4c4ccc(OCc5ccccc5)c(OCc5ccccc5)c4)cc3)c2)O1. The highest BCUT2D eigenvalue weighted by Gasteiger charge is 2.46. The number of aliphatic hydroxyl groups is 1. The number of ether oxygens (including phenoxy) is 12. The van der Waals surface area contributed by atoms with Crippen molar-refractivity contribution in [2.24, 2.45) is 0 Å². The minimum absolute atomic E-state index is 0.0568. The second-order valence-electron chi connectivity index (χ2n) is 25.6. The van der Waals surface area contributed by atoms with Crippen LogP contribution >= 0.6 is 0 Å². The van der Waals surface area contributed by atoms with Gasteiger partial charge in [-0.2, -0.15) is 0 Å². The lowest BCUT2D eigenvalue weighted by Crippen LogP contribution is -2.20. The van der Waals surface area contributed by atoms with Gasteiger partial charge in [0, 0.05) is 0 Å². The normalized spacial score (nSPS) is 20.0. The van der Waals surface area contributed by atoms with E-state index in [0.29, 0.717) is 60.9 Å². The summed E-state index contributed by atoms with van der Waals surface area (Å²) >= 11 is 0. The smallest absolute Gasteiger partial charge is 0.164 e. The number of aliphatic hydroxyl groups excluding tert-OH is 1. The van der Waals surface area contributed by atoms with Gasteiger partial charge in [-0.1, -0.05) is 212 Å². The van der Waals surface area contributed by atoms with E-state index in [1.165, 1.54) is 0 Å². The monoisotopic (exact) mass is 1270 g/mol. The highest BCUT2D eigenvalue weighted by molar-refractivity contribution is 5.48. The van der Waals surface area contributed by atoms with E-state index in [-0.39, 0.29) is 19.8 Å². The summed E-state index contributed by atoms with van der Waals surface area (Å²) in [4.78, 5) is 0. The van der Waals surface area contributed by atoms with Gasteiger partial charge in [-0.15, -0.1) is 0 Å². The Morgan fingerprint density at radius 3 is 0.684 bits per heavy atom. The number of benzene rings is 10. The molecule has 13 rings (SSSR count). The fraction of sp³-hybridized carbons (Fsp3) is 0.268. The van der Waals surface area contributed by atoms with Crippen LogP contribution in [0.3, 0.4) is 0 Å². The van der Waals surface area contributed by atoms with Crippen LogP contribution in [0.2, 0.25) is 0 Å². The summed E-state index contributed by atoms with van der Waals surface area (Å²) in [6, 6.07) is 82.6. The van der Waals surface area contributed by atoms with E-state index in [9.17, 15) is 5.11 Å². The van der Waals surface area contributed by atoms with Gasteiger partial charge in [0.25, 0.3) is 0 Å². The second-order valence-corrected chi connectivity index (χ2v) is 25.6. The first kappa shape index (κ1) is 64.4. The molecule has 3 fully saturated rings. The molecule has 1 N–H and O–H groups in total. The van der Waals surface area contributed by atoms with E-state index in [1.54, 1.807) is 0 Å². The van der Waals surface area contributed by atoms with Crippen LogP contribution < -0.4 is 28.4 Å². The van der Waals surface area contributed by atoms with Crippen molar-refractivity contribution in [3.05, 3.63) is 321 Å². The average Bonchev–Trinajstić information content (AvgIpc) is 1.68. The van der Waals surface area contributed by atoms with Gasteiger partial charge in [0.05, 0.1) is 6.61 Å². The van der Waals surface area contributed by atoms with Crippen molar-refractivity contribution in [1.29, 1.82) is 0 Å². The predicted octanol–water partition coefficient (Wildman–Crippen LogP) is 18.3. The van der Waals surface area contributed by atoms with Gasteiger partial charge < -0.3 is 61.9 Å². The van der Waals surface area contributed by atoms with E-state index < -0.39 is 54.0 Å². The molecule has 10 aromatic rings. The molecule has 6 atom stereocenters. The Bertz CT molecular complexity index is 4130. The zero-order valence-electron chi connectivity index (χ0n) is 54.4. The molecule has 0 aromatic heterocycles. The van der Waals surface area contributed by atoms with Crippen molar-refractivity contribution in [3.8, 4) is 34.5 Å². The molecule has 10 aromatic carbocycles. The lowest BCUT2D eigenvalue weighted by atomic mass is 9.97. The van der Waals surface area contributed by atoms with Gasteiger partial charge in [0.15, 0.2) is 51.9 Å². The topological polar surface area (TPSA) is 131 Å². The molecule has 3 aliphatic heterocycles. The molecule has 0 spiro atoms. The fourth-order valence-corrected chi connectivity index (χ4v) is 12.2. The average molecular weight is 1270 g/mol. The Morgan fingerprint density at radius 1 is 0.242 bits per heavy atom. The van der Waals surface area contributed by atoms with E-state index in [4.69, 9.17) is 56.8 Å². The highest BCUT2D eigenvalue weighted by Crippen LogP contribution is 2.52. The fourth-order valence-electron chi connectivity index (χ4n) is 12.2. The van der Waals surface area contributed by atoms with E-state index in [0.717, 1.165) is 72.3 Å². The first-order chi connectivity index (χ1) is 46.1. The van der Waals surface area contributed by atoms with Crippen LogP contribution in [0.4, 0.5) is 0 Å². The third kappa shape index (κ3) is 16.1. The van der Waals surface area contributed by atoms with E-state index in [2.05, 4.69) is 48.5 Å². The summed E-state index contributed by atoms with van der Waals surface area (Å²) in [6.45, 7) is 13.5. The Morgan fingerprint density at radius 2 is 0.442 bits per heavy atom. The maximum absolute atomic E-state index is 9.85. The Labute approximate surface area is 556 Å². The lowest BCUT2D eigenvalue weighted by Gasteiger charge is -2.21. The summed E-state index contributed by atoms with van der Waals surface area (Å²) in [5, 5.41) is 9.85. The van der Waals surface area contributed by atoms with Gasteiger partial charge in [0.1, 0.15) is 76.3 Å². The molecular formula is C82H80O13.